The van der Waals surface area contributed by atoms with Crippen LogP contribution in [-0.4, -0.2) is 21.5 Å². The Morgan fingerprint density at radius 3 is 2.81 bits per heavy atom. The van der Waals surface area contributed by atoms with Crippen molar-refractivity contribution in [2.75, 3.05) is 11.4 Å². The summed E-state index contributed by atoms with van der Waals surface area (Å²) in [5, 5.41) is 1.05. The van der Waals surface area contributed by atoms with Gasteiger partial charge in [-0.05, 0) is 55.3 Å². The van der Waals surface area contributed by atoms with Gasteiger partial charge in [0.15, 0.2) is 5.82 Å². The fourth-order valence-electron chi connectivity index (χ4n) is 3.66. The van der Waals surface area contributed by atoms with Crippen LogP contribution >= 0.6 is 15.9 Å². The van der Waals surface area contributed by atoms with Gasteiger partial charge in [-0.25, -0.2) is 9.97 Å². The topological polar surface area (TPSA) is 41.9 Å². The second-order valence-corrected chi connectivity index (χ2v) is 7.72. The number of aromatic nitrogens is 3. The van der Waals surface area contributed by atoms with Crippen molar-refractivity contribution in [1.29, 1.82) is 0 Å². The molecule has 5 rings (SSSR count). The molecule has 0 unspecified atom stereocenters. The molecule has 2 aromatic carbocycles. The first kappa shape index (κ1) is 16.4. The van der Waals surface area contributed by atoms with Crippen LogP contribution in [0.1, 0.15) is 11.1 Å². The molecule has 0 saturated heterocycles. The van der Waals surface area contributed by atoms with E-state index in [4.69, 9.17) is 9.97 Å². The van der Waals surface area contributed by atoms with Crippen molar-refractivity contribution in [3.63, 3.8) is 0 Å². The van der Waals surface area contributed by atoms with Crippen LogP contribution in [0.4, 0.5) is 11.5 Å². The quantitative estimate of drug-likeness (QED) is 0.435. The molecular weight excluding hydrogens is 400 g/mol. The summed E-state index contributed by atoms with van der Waals surface area (Å²) in [7, 11) is 0. The molecule has 1 aliphatic rings. The summed E-state index contributed by atoms with van der Waals surface area (Å²) < 4.78 is 1.03. The first-order valence-electron chi connectivity index (χ1n) is 8.94. The van der Waals surface area contributed by atoms with E-state index >= 15 is 0 Å². The standard InChI is InChI=1S/C22H17BrN4/c1-14-4-7-20-15(11-14)8-10-27(20)22-18-12-17(23)5-6-19(18)25-21(26-22)16-3-2-9-24-13-16/h2-7,9,11-13H,8,10H2,1H3. The van der Waals surface area contributed by atoms with Crippen LogP contribution in [-0.2, 0) is 6.42 Å². The predicted octanol–water partition coefficient (Wildman–Crippen LogP) is 5.46. The molecule has 1 aliphatic heterocycles. The van der Waals surface area contributed by atoms with E-state index in [2.05, 4.69) is 57.0 Å². The molecule has 4 nitrogen and oxygen atoms in total. The molecule has 0 amide bonds. The van der Waals surface area contributed by atoms with E-state index in [9.17, 15) is 0 Å². The molecule has 0 bridgehead atoms. The molecule has 3 heterocycles. The first-order chi connectivity index (χ1) is 13.2. The third kappa shape index (κ3) is 2.88. The second-order valence-electron chi connectivity index (χ2n) is 6.81. The second kappa shape index (κ2) is 6.43. The molecule has 0 atom stereocenters. The molecule has 27 heavy (non-hydrogen) atoms. The lowest BCUT2D eigenvalue weighted by molar-refractivity contribution is 0.976. The van der Waals surface area contributed by atoms with Crippen LogP contribution in [0.25, 0.3) is 22.3 Å². The lowest BCUT2D eigenvalue weighted by Crippen LogP contribution is -2.16. The van der Waals surface area contributed by atoms with Crippen LogP contribution in [0.5, 0.6) is 0 Å². The minimum Gasteiger partial charge on any atom is -0.325 e. The predicted molar refractivity (Wildman–Crippen MR) is 112 cm³/mol. The molecule has 0 saturated carbocycles. The van der Waals surface area contributed by atoms with E-state index in [1.165, 1.54) is 16.8 Å². The van der Waals surface area contributed by atoms with Gasteiger partial charge >= 0.3 is 0 Å². The molecule has 5 heteroatoms. The van der Waals surface area contributed by atoms with Gasteiger partial charge < -0.3 is 4.90 Å². The lowest BCUT2D eigenvalue weighted by atomic mass is 10.1. The summed E-state index contributed by atoms with van der Waals surface area (Å²) in [5.74, 6) is 1.65. The zero-order chi connectivity index (χ0) is 18.4. The van der Waals surface area contributed by atoms with Crippen molar-refractivity contribution < 1.29 is 0 Å². The van der Waals surface area contributed by atoms with Crippen LogP contribution in [0.2, 0.25) is 0 Å². The number of rotatable bonds is 2. The van der Waals surface area contributed by atoms with Gasteiger partial charge in [0, 0.05) is 40.0 Å². The number of hydrogen-bond acceptors (Lipinski definition) is 4. The number of nitrogens with zero attached hydrogens (tertiary/aromatic N) is 4. The molecule has 0 fully saturated rings. The van der Waals surface area contributed by atoms with Crippen molar-refractivity contribution in [2.24, 2.45) is 0 Å². The van der Waals surface area contributed by atoms with Gasteiger partial charge in [0.1, 0.15) is 5.82 Å². The number of aryl methyl sites for hydroxylation is 1. The molecular formula is C22H17BrN4. The molecule has 2 aromatic heterocycles. The van der Waals surface area contributed by atoms with Crippen LogP contribution < -0.4 is 4.90 Å². The highest BCUT2D eigenvalue weighted by atomic mass is 79.9. The zero-order valence-electron chi connectivity index (χ0n) is 14.9. The Morgan fingerprint density at radius 1 is 1.04 bits per heavy atom. The zero-order valence-corrected chi connectivity index (χ0v) is 16.4. The van der Waals surface area contributed by atoms with Gasteiger partial charge in [0.05, 0.1) is 5.52 Å². The average molecular weight is 417 g/mol. The Bertz CT molecular complexity index is 1160. The summed E-state index contributed by atoms with van der Waals surface area (Å²) in [5.41, 5.74) is 5.76. The molecule has 0 aliphatic carbocycles. The summed E-state index contributed by atoms with van der Waals surface area (Å²) in [6.07, 6.45) is 4.60. The third-order valence-corrected chi connectivity index (χ3v) is 5.44. The van der Waals surface area contributed by atoms with Crippen LogP contribution in [0.3, 0.4) is 0 Å². The Kier molecular flexibility index (Phi) is 3.90. The lowest BCUT2D eigenvalue weighted by Gasteiger charge is -2.21. The SMILES string of the molecule is Cc1ccc2c(c1)CCN2c1nc(-c2cccnc2)nc2ccc(Br)cc12. The van der Waals surface area contributed by atoms with E-state index in [0.717, 1.165) is 39.7 Å². The number of anilines is 2. The number of pyridine rings is 1. The minimum atomic E-state index is 0.702. The monoisotopic (exact) mass is 416 g/mol. The Morgan fingerprint density at radius 2 is 1.96 bits per heavy atom. The molecule has 132 valence electrons. The fraction of sp³-hybridized carbons (Fsp3) is 0.136. The van der Waals surface area contributed by atoms with E-state index in [-0.39, 0.29) is 0 Å². The number of benzene rings is 2. The van der Waals surface area contributed by atoms with Gasteiger partial charge in [-0.15, -0.1) is 0 Å². The maximum absolute atomic E-state index is 4.97. The van der Waals surface area contributed by atoms with Crippen LogP contribution in [0, 0.1) is 6.92 Å². The van der Waals surface area contributed by atoms with E-state index in [1.54, 1.807) is 6.20 Å². The van der Waals surface area contributed by atoms with Gasteiger partial charge in [0.2, 0.25) is 0 Å². The Balaban J connectivity index is 1.75. The number of hydrogen-bond donors (Lipinski definition) is 0. The summed E-state index contributed by atoms with van der Waals surface area (Å²) >= 11 is 3.60. The smallest absolute Gasteiger partial charge is 0.163 e. The number of halogens is 1. The van der Waals surface area contributed by atoms with Gasteiger partial charge in [-0.2, -0.15) is 0 Å². The highest BCUT2D eigenvalue weighted by molar-refractivity contribution is 9.10. The highest BCUT2D eigenvalue weighted by Gasteiger charge is 2.24. The largest absolute Gasteiger partial charge is 0.325 e. The maximum Gasteiger partial charge on any atom is 0.163 e. The van der Waals surface area contributed by atoms with Crippen molar-refractivity contribution in [1.82, 2.24) is 15.0 Å². The van der Waals surface area contributed by atoms with E-state index in [1.807, 2.05) is 30.5 Å². The Hall–Kier alpha value is -2.79. The normalized spacial score (nSPS) is 13.2. The summed E-state index contributed by atoms with van der Waals surface area (Å²) in [6.45, 7) is 3.06. The molecule has 0 spiro atoms. The average Bonchev–Trinajstić information content (AvgIpc) is 3.10. The summed E-state index contributed by atoms with van der Waals surface area (Å²) in [4.78, 5) is 16.3. The molecule has 0 N–H and O–H groups in total. The fourth-order valence-corrected chi connectivity index (χ4v) is 4.03. The molecule has 4 aromatic rings. The van der Waals surface area contributed by atoms with Crippen molar-refractivity contribution in [2.45, 2.75) is 13.3 Å². The third-order valence-electron chi connectivity index (χ3n) is 4.94. The van der Waals surface area contributed by atoms with Gasteiger partial charge in [-0.1, -0.05) is 33.6 Å². The van der Waals surface area contributed by atoms with Crippen molar-refractivity contribution >= 4 is 38.3 Å². The first-order valence-corrected chi connectivity index (χ1v) is 9.73. The van der Waals surface area contributed by atoms with Gasteiger partial charge in [-0.3, -0.25) is 4.98 Å². The van der Waals surface area contributed by atoms with Crippen molar-refractivity contribution in [3.8, 4) is 11.4 Å². The maximum atomic E-state index is 4.97. The summed E-state index contributed by atoms with van der Waals surface area (Å²) in [6, 6.07) is 16.7. The van der Waals surface area contributed by atoms with Crippen molar-refractivity contribution in [3.05, 3.63) is 76.5 Å². The van der Waals surface area contributed by atoms with E-state index in [0.29, 0.717) is 5.82 Å². The Labute approximate surface area is 166 Å². The van der Waals surface area contributed by atoms with Gasteiger partial charge in [0.25, 0.3) is 0 Å². The minimum absolute atomic E-state index is 0.702. The molecule has 0 radical (unpaired) electrons. The number of fused-ring (bicyclic) bond motifs is 2. The van der Waals surface area contributed by atoms with Crippen LogP contribution in [0.15, 0.2) is 65.4 Å². The highest BCUT2D eigenvalue weighted by Crippen LogP contribution is 2.38. The van der Waals surface area contributed by atoms with E-state index < -0.39 is 0 Å².